The Labute approximate surface area is 198 Å². The molecule has 4 rings (SSSR count). The number of hydrogen-bond acceptors (Lipinski definition) is 6. The smallest absolute Gasteiger partial charge is 0.417 e. The van der Waals surface area contributed by atoms with Gasteiger partial charge in [0.05, 0.1) is 31.1 Å². The number of nitrogens with zero attached hydrogens (tertiary/aromatic N) is 5. The van der Waals surface area contributed by atoms with Crippen molar-refractivity contribution in [2.45, 2.75) is 32.0 Å². The van der Waals surface area contributed by atoms with Crippen LogP contribution in [-0.2, 0) is 6.18 Å². The van der Waals surface area contributed by atoms with Gasteiger partial charge in [0.15, 0.2) is 11.6 Å². The van der Waals surface area contributed by atoms with E-state index in [0.717, 1.165) is 25.1 Å². The number of amides is 1. The standard InChI is InChI=1S/C23H24F4N6O2/c1-14-4-3-11-32(17(14)13-29-19-8-5-15(12-28-19)23(25,26)27)22(34)20-16(33-30-9-10-31-33)6-7-18(35-2)21(20)24/h5-10,12,14,17H,3-4,11,13H2,1-2H3,(H,28,29). The number of piperidine rings is 1. The van der Waals surface area contributed by atoms with E-state index < -0.39 is 23.5 Å². The molecule has 8 nitrogen and oxygen atoms in total. The van der Waals surface area contributed by atoms with Crippen LogP contribution in [0.4, 0.5) is 23.4 Å². The Bertz CT molecular complexity index is 1170. The first-order chi connectivity index (χ1) is 16.7. The number of pyridine rings is 1. The number of halogens is 4. The summed E-state index contributed by atoms with van der Waals surface area (Å²) in [4.78, 5) is 20.3. The minimum Gasteiger partial charge on any atom is -0.494 e. The molecule has 0 spiro atoms. The van der Waals surface area contributed by atoms with Gasteiger partial charge < -0.3 is 15.0 Å². The average molecular weight is 492 g/mol. The number of ether oxygens (including phenoxy) is 1. The zero-order valence-corrected chi connectivity index (χ0v) is 19.1. The Balaban J connectivity index is 1.61. The van der Waals surface area contributed by atoms with Crippen molar-refractivity contribution in [3.63, 3.8) is 0 Å². The monoisotopic (exact) mass is 492 g/mol. The van der Waals surface area contributed by atoms with Crippen LogP contribution in [0.3, 0.4) is 0 Å². The van der Waals surface area contributed by atoms with Crippen LogP contribution in [-0.4, -0.2) is 57.0 Å². The molecular formula is C23H24F4N6O2. The molecule has 186 valence electrons. The van der Waals surface area contributed by atoms with Crippen LogP contribution in [0.15, 0.2) is 42.9 Å². The maximum absolute atomic E-state index is 15.4. The van der Waals surface area contributed by atoms with Crippen molar-refractivity contribution in [2.75, 3.05) is 25.5 Å². The summed E-state index contributed by atoms with van der Waals surface area (Å²) in [6.07, 6.45) is 0.680. The largest absolute Gasteiger partial charge is 0.494 e. The van der Waals surface area contributed by atoms with Crippen LogP contribution in [0, 0.1) is 11.7 Å². The van der Waals surface area contributed by atoms with Crippen molar-refractivity contribution in [1.82, 2.24) is 24.9 Å². The zero-order chi connectivity index (χ0) is 25.2. The fourth-order valence-corrected chi connectivity index (χ4v) is 4.25. The summed E-state index contributed by atoms with van der Waals surface area (Å²) in [5, 5.41) is 11.1. The molecule has 0 radical (unpaired) electrons. The second-order valence-electron chi connectivity index (χ2n) is 8.29. The van der Waals surface area contributed by atoms with Crippen molar-refractivity contribution in [3.8, 4) is 11.4 Å². The molecule has 2 unspecified atom stereocenters. The molecule has 1 N–H and O–H groups in total. The van der Waals surface area contributed by atoms with Crippen LogP contribution < -0.4 is 10.1 Å². The lowest BCUT2D eigenvalue weighted by Gasteiger charge is -2.40. The summed E-state index contributed by atoms with van der Waals surface area (Å²) in [5.74, 6) is -1.15. The lowest BCUT2D eigenvalue weighted by Crippen LogP contribution is -2.51. The van der Waals surface area contributed by atoms with E-state index in [9.17, 15) is 18.0 Å². The van der Waals surface area contributed by atoms with E-state index in [-0.39, 0.29) is 41.3 Å². The molecule has 0 saturated carbocycles. The van der Waals surface area contributed by atoms with Gasteiger partial charge in [-0.05, 0) is 43.0 Å². The molecule has 2 aromatic heterocycles. The molecule has 1 aliphatic rings. The summed E-state index contributed by atoms with van der Waals surface area (Å²) in [7, 11) is 1.31. The van der Waals surface area contributed by atoms with Gasteiger partial charge in [0.2, 0.25) is 0 Å². The minimum atomic E-state index is -4.48. The predicted molar refractivity (Wildman–Crippen MR) is 119 cm³/mol. The molecule has 1 saturated heterocycles. The Kier molecular flexibility index (Phi) is 6.90. The highest BCUT2D eigenvalue weighted by Gasteiger charge is 2.36. The molecule has 12 heteroatoms. The van der Waals surface area contributed by atoms with E-state index in [0.29, 0.717) is 6.54 Å². The lowest BCUT2D eigenvalue weighted by atomic mass is 9.90. The summed E-state index contributed by atoms with van der Waals surface area (Å²) in [6.45, 7) is 2.59. The van der Waals surface area contributed by atoms with Gasteiger partial charge in [-0.15, -0.1) is 0 Å². The van der Waals surface area contributed by atoms with Crippen molar-refractivity contribution < 1.29 is 27.1 Å². The normalized spacial score (nSPS) is 18.4. The van der Waals surface area contributed by atoms with Gasteiger partial charge in [0, 0.05) is 19.3 Å². The molecule has 1 amide bonds. The predicted octanol–water partition coefficient (Wildman–Crippen LogP) is 4.18. The fraction of sp³-hybridized carbons (Fsp3) is 0.391. The summed E-state index contributed by atoms with van der Waals surface area (Å²) in [5.41, 5.74) is -0.890. The Morgan fingerprint density at radius 3 is 2.57 bits per heavy atom. The van der Waals surface area contributed by atoms with Gasteiger partial charge in [0.25, 0.3) is 5.91 Å². The molecule has 1 fully saturated rings. The third kappa shape index (κ3) is 5.05. The van der Waals surface area contributed by atoms with E-state index in [1.54, 1.807) is 4.90 Å². The number of nitrogens with one attached hydrogen (secondary N) is 1. The second kappa shape index (κ2) is 9.88. The molecule has 35 heavy (non-hydrogen) atoms. The number of carbonyl (C=O) groups is 1. The summed E-state index contributed by atoms with van der Waals surface area (Å²) >= 11 is 0. The number of aromatic nitrogens is 4. The van der Waals surface area contributed by atoms with Gasteiger partial charge in [-0.2, -0.15) is 28.2 Å². The molecule has 0 aliphatic carbocycles. The summed E-state index contributed by atoms with van der Waals surface area (Å²) in [6, 6.07) is 4.74. The number of rotatable bonds is 6. The van der Waals surface area contributed by atoms with Crippen molar-refractivity contribution in [1.29, 1.82) is 0 Å². The minimum absolute atomic E-state index is 0.0506. The quantitative estimate of drug-likeness (QED) is 0.520. The number of alkyl halides is 3. The Morgan fingerprint density at radius 2 is 1.94 bits per heavy atom. The zero-order valence-electron chi connectivity index (χ0n) is 19.1. The number of hydrogen-bond donors (Lipinski definition) is 1. The van der Waals surface area contributed by atoms with E-state index in [2.05, 4.69) is 20.5 Å². The van der Waals surface area contributed by atoms with E-state index >= 15 is 4.39 Å². The first kappa shape index (κ1) is 24.4. The van der Waals surface area contributed by atoms with Gasteiger partial charge in [-0.25, -0.2) is 9.37 Å². The van der Waals surface area contributed by atoms with Crippen molar-refractivity contribution >= 4 is 11.7 Å². The van der Waals surface area contributed by atoms with E-state index in [4.69, 9.17) is 4.74 Å². The third-order valence-corrected chi connectivity index (χ3v) is 6.11. The maximum atomic E-state index is 15.4. The number of likely N-dealkylation sites (tertiary alicyclic amines) is 1. The topological polar surface area (TPSA) is 85.2 Å². The maximum Gasteiger partial charge on any atom is 0.417 e. The molecule has 0 bridgehead atoms. The van der Waals surface area contributed by atoms with Crippen molar-refractivity contribution in [3.05, 3.63) is 59.8 Å². The Morgan fingerprint density at radius 1 is 1.20 bits per heavy atom. The molecule has 3 aromatic rings. The molecule has 2 atom stereocenters. The average Bonchev–Trinajstić information content (AvgIpc) is 3.37. The first-order valence-corrected chi connectivity index (χ1v) is 11.0. The highest BCUT2D eigenvalue weighted by Crippen LogP contribution is 2.32. The second-order valence-corrected chi connectivity index (χ2v) is 8.29. The van der Waals surface area contributed by atoms with Crippen LogP contribution in [0.5, 0.6) is 5.75 Å². The van der Waals surface area contributed by atoms with Gasteiger partial charge in [0.1, 0.15) is 17.1 Å². The van der Waals surface area contributed by atoms with Crippen molar-refractivity contribution in [2.24, 2.45) is 5.92 Å². The van der Waals surface area contributed by atoms with Crippen LogP contribution in [0.25, 0.3) is 5.69 Å². The number of benzene rings is 1. The molecule has 1 aliphatic heterocycles. The number of anilines is 1. The van der Waals surface area contributed by atoms with E-state index in [1.807, 2.05) is 6.92 Å². The Hall–Kier alpha value is -3.70. The molecule has 3 heterocycles. The SMILES string of the molecule is COc1ccc(-n2nccn2)c(C(=O)N2CCCC(C)C2CNc2ccc(C(F)(F)F)cn2)c1F. The third-order valence-electron chi connectivity index (χ3n) is 6.11. The van der Waals surface area contributed by atoms with Crippen LogP contribution in [0.1, 0.15) is 35.7 Å². The van der Waals surface area contributed by atoms with E-state index in [1.165, 1.54) is 42.5 Å². The first-order valence-electron chi connectivity index (χ1n) is 11.0. The van der Waals surface area contributed by atoms with Crippen LogP contribution in [0.2, 0.25) is 0 Å². The molecule has 1 aromatic carbocycles. The van der Waals surface area contributed by atoms with Crippen LogP contribution >= 0.6 is 0 Å². The number of methoxy groups -OCH3 is 1. The van der Waals surface area contributed by atoms with Gasteiger partial charge in [-0.3, -0.25) is 4.79 Å². The summed E-state index contributed by atoms with van der Waals surface area (Å²) < 4.78 is 58.9. The van der Waals surface area contributed by atoms with Gasteiger partial charge in [-0.1, -0.05) is 6.92 Å². The lowest BCUT2D eigenvalue weighted by molar-refractivity contribution is -0.137. The molecular weight excluding hydrogens is 468 g/mol. The fourth-order valence-electron chi connectivity index (χ4n) is 4.25. The number of carbonyl (C=O) groups excluding carboxylic acids is 1. The highest BCUT2D eigenvalue weighted by molar-refractivity contribution is 5.98. The highest BCUT2D eigenvalue weighted by atomic mass is 19.4. The van der Waals surface area contributed by atoms with Gasteiger partial charge >= 0.3 is 6.18 Å².